The predicted octanol–water partition coefficient (Wildman–Crippen LogP) is 4.83. The highest BCUT2D eigenvalue weighted by molar-refractivity contribution is 9.12. The van der Waals surface area contributed by atoms with Gasteiger partial charge < -0.3 is 5.11 Å². The average molecular weight is 364 g/mol. The van der Waals surface area contributed by atoms with E-state index in [-0.39, 0.29) is 10.4 Å². The van der Waals surface area contributed by atoms with Gasteiger partial charge in [0, 0.05) is 9.15 Å². The Morgan fingerprint density at radius 2 is 1.76 bits per heavy atom. The molecular weight excluding hydrogens is 344 g/mol. The van der Waals surface area contributed by atoms with Crippen LogP contribution in [0.25, 0.3) is 0 Å². The monoisotopic (exact) mass is 362 g/mol. The first-order valence-corrected chi connectivity index (χ1v) is 7.68. The van der Waals surface area contributed by atoms with E-state index in [1.165, 1.54) is 0 Å². The highest BCUT2D eigenvalue weighted by atomic mass is 79.9. The summed E-state index contributed by atoms with van der Waals surface area (Å²) < 4.78 is 0.102. The minimum atomic E-state index is -0.339. The van der Waals surface area contributed by atoms with E-state index in [1.54, 1.807) is 0 Å². The van der Waals surface area contributed by atoms with Gasteiger partial charge in [-0.05, 0) is 38.7 Å². The summed E-state index contributed by atoms with van der Waals surface area (Å²) in [6.07, 6.45) is 2.55. The van der Waals surface area contributed by atoms with Crippen LogP contribution in [0, 0.1) is 0 Å². The molecule has 0 saturated heterocycles. The minimum Gasteiger partial charge on any atom is -0.388 e. The molecule has 0 amide bonds. The molecule has 0 heterocycles. The molecule has 17 heavy (non-hydrogen) atoms. The number of benzene rings is 1. The smallest absolute Gasteiger partial charge is 0.0790 e. The van der Waals surface area contributed by atoms with Crippen LogP contribution in [-0.2, 0) is 0 Å². The predicted molar refractivity (Wildman–Crippen MR) is 81.0 cm³/mol. The Morgan fingerprint density at radius 3 is 2.29 bits per heavy atom. The minimum absolute atomic E-state index is 0.102. The van der Waals surface area contributed by atoms with Crippen molar-refractivity contribution in [2.75, 3.05) is 0 Å². The highest BCUT2D eigenvalue weighted by Gasteiger charge is 2.23. The third kappa shape index (κ3) is 5.54. The highest BCUT2D eigenvalue weighted by Crippen LogP contribution is 2.31. The van der Waals surface area contributed by atoms with Gasteiger partial charge in [-0.2, -0.15) is 0 Å². The molecule has 2 atom stereocenters. The van der Waals surface area contributed by atoms with Gasteiger partial charge in [-0.15, -0.1) is 0 Å². The Labute approximate surface area is 121 Å². The Bertz CT molecular complexity index is 319. The van der Waals surface area contributed by atoms with Gasteiger partial charge >= 0.3 is 0 Å². The maximum absolute atomic E-state index is 10.0. The molecule has 1 aromatic rings. The summed E-state index contributed by atoms with van der Waals surface area (Å²) in [5.41, 5.74) is 1.01. The standard InChI is InChI=1S/C14H20Br2O/c1-14(2,16)13(15)10-6-9-12(17)11-7-4-3-5-8-11/h3-5,7-8,12-13,17H,6,9-10H2,1-2H3. The van der Waals surface area contributed by atoms with E-state index in [0.29, 0.717) is 4.83 Å². The van der Waals surface area contributed by atoms with Crippen LogP contribution < -0.4 is 0 Å². The fourth-order valence-corrected chi connectivity index (χ4v) is 2.23. The van der Waals surface area contributed by atoms with Crippen molar-refractivity contribution in [3.63, 3.8) is 0 Å². The van der Waals surface area contributed by atoms with Crippen LogP contribution in [0.15, 0.2) is 30.3 Å². The van der Waals surface area contributed by atoms with Crippen LogP contribution in [0.3, 0.4) is 0 Å². The molecule has 0 aliphatic rings. The van der Waals surface area contributed by atoms with Gasteiger partial charge in [-0.1, -0.05) is 62.2 Å². The van der Waals surface area contributed by atoms with Crippen molar-refractivity contribution in [2.45, 2.75) is 48.4 Å². The summed E-state index contributed by atoms with van der Waals surface area (Å²) in [4.78, 5) is 0.429. The van der Waals surface area contributed by atoms with Crippen molar-refractivity contribution in [1.82, 2.24) is 0 Å². The van der Waals surface area contributed by atoms with E-state index in [9.17, 15) is 5.11 Å². The first kappa shape index (κ1) is 15.2. The number of hydrogen-bond acceptors (Lipinski definition) is 1. The first-order chi connectivity index (χ1) is 7.91. The number of hydrogen-bond donors (Lipinski definition) is 1. The second kappa shape index (κ2) is 6.91. The summed E-state index contributed by atoms with van der Waals surface area (Å²) in [5, 5.41) is 10.0. The van der Waals surface area contributed by atoms with Crippen molar-refractivity contribution in [2.24, 2.45) is 0 Å². The van der Waals surface area contributed by atoms with Gasteiger partial charge in [-0.25, -0.2) is 0 Å². The SMILES string of the molecule is CC(C)(Br)C(Br)CCCC(O)c1ccccc1. The zero-order chi connectivity index (χ0) is 12.9. The van der Waals surface area contributed by atoms with Crippen LogP contribution in [0.4, 0.5) is 0 Å². The van der Waals surface area contributed by atoms with Crippen molar-refractivity contribution >= 4 is 31.9 Å². The van der Waals surface area contributed by atoms with E-state index in [0.717, 1.165) is 24.8 Å². The lowest BCUT2D eigenvalue weighted by molar-refractivity contribution is 0.163. The van der Waals surface area contributed by atoms with Crippen LogP contribution in [0.5, 0.6) is 0 Å². The Balaban J connectivity index is 2.33. The summed E-state index contributed by atoms with van der Waals surface area (Å²) in [5.74, 6) is 0. The first-order valence-electron chi connectivity index (χ1n) is 5.97. The summed E-state index contributed by atoms with van der Waals surface area (Å²) in [6, 6.07) is 9.86. The quantitative estimate of drug-likeness (QED) is 0.718. The number of alkyl halides is 2. The molecule has 1 N–H and O–H groups in total. The molecule has 0 fully saturated rings. The lowest BCUT2D eigenvalue weighted by Crippen LogP contribution is -2.24. The van der Waals surface area contributed by atoms with E-state index < -0.39 is 0 Å². The Kier molecular flexibility index (Phi) is 6.18. The van der Waals surface area contributed by atoms with Crippen molar-refractivity contribution < 1.29 is 5.11 Å². The maximum Gasteiger partial charge on any atom is 0.0790 e. The molecule has 96 valence electrons. The fraction of sp³-hybridized carbons (Fsp3) is 0.571. The molecule has 0 bridgehead atoms. The van der Waals surface area contributed by atoms with E-state index >= 15 is 0 Å². The van der Waals surface area contributed by atoms with E-state index in [1.807, 2.05) is 30.3 Å². The average Bonchev–Trinajstić information content (AvgIpc) is 2.28. The molecule has 0 radical (unpaired) electrons. The molecule has 2 unspecified atom stereocenters. The van der Waals surface area contributed by atoms with Crippen LogP contribution in [0.1, 0.15) is 44.8 Å². The third-order valence-electron chi connectivity index (χ3n) is 2.86. The topological polar surface area (TPSA) is 20.2 Å². The lowest BCUT2D eigenvalue weighted by atomic mass is 10.00. The molecular formula is C14H20Br2O. The normalized spacial score (nSPS) is 15.6. The van der Waals surface area contributed by atoms with Gasteiger partial charge in [0.1, 0.15) is 0 Å². The van der Waals surface area contributed by atoms with Crippen LogP contribution in [0.2, 0.25) is 0 Å². The summed E-state index contributed by atoms with van der Waals surface area (Å²) in [6.45, 7) is 4.31. The third-order valence-corrected chi connectivity index (χ3v) is 5.63. The van der Waals surface area contributed by atoms with Gasteiger partial charge in [0.25, 0.3) is 0 Å². The van der Waals surface area contributed by atoms with Crippen LogP contribution >= 0.6 is 31.9 Å². The molecule has 1 aromatic carbocycles. The van der Waals surface area contributed by atoms with Gasteiger partial charge in [-0.3, -0.25) is 0 Å². The Hall–Kier alpha value is 0.140. The molecule has 3 heteroatoms. The number of halogens is 2. The zero-order valence-corrected chi connectivity index (χ0v) is 13.5. The molecule has 0 saturated carbocycles. The van der Waals surface area contributed by atoms with E-state index in [4.69, 9.17) is 0 Å². The maximum atomic E-state index is 10.0. The largest absolute Gasteiger partial charge is 0.388 e. The number of aliphatic hydroxyl groups excluding tert-OH is 1. The molecule has 0 aliphatic heterocycles. The second-order valence-corrected chi connectivity index (χ2v) is 8.04. The van der Waals surface area contributed by atoms with Crippen LogP contribution in [-0.4, -0.2) is 14.3 Å². The molecule has 0 aromatic heterocycles. The second-order valence-electron chi connectivity index (χ2n) is 4.89. The van der Waals surface area contributed by atoms with Crippen molar-refractivity contribution in [1.29, 1.82) is 0 Å². The summed E-state index contributed by atoms with van der Waals surface area (Å²) >= 11 is 7.32. The van der Waals surface area contributed by atoms with Gasteiger partial charge in [0.2, 0.25) is 0 Å². The van der Waals surface area contributed by atoms with Gasteiger partial charge in [0.05, 0.1) is 6.10 Å². The lowest BCUT2D eigenvalue weighted by Gasteiger charge is -2.23. The molecule has 1 rings (SSSR count). The number of rotatable bonds is 6. The Morgan fingerprint density at radius 1 is 1.18 bits per heavy atom. The van der Waals surface area contributed by atoms with Crippen molar-refractivity contribution in [3.8, 4) is 0 Å². The molecule has 1 nitrogen and oxygen atoms in total. The zero-order valence-electron chi connectivity index (χ0n) is 10.4. The van der Waals surface area contributed by atoms with Crippen molar-refractivity contribution in [3.05, 3.63) is 35.9 Å². The number of aliphatic hydroxyl groups is 1. The fourth-order valence-electron chi connectivity index (χ4n) is 1.68. The van der Waals surface area contributed by atoms with Gasteiger partial charge in [0.15, 0.2) is 0 Å². The summed E-state index contributed by atoms with van der Waals surface area (Å²) in [7, 11) is 0. The van der Waals surface area contributed by atoms with E-state index in [2.05, 4.69) is 45.7 Å². The molecule has 0 aliphatic carbocycles. The molecule has 0 spiro atoms.